The number of nitrogens with zero attached hydrogens (tertiary/aromatic N) is 3. The maximum Gasteiger partial charge on any atom is 0.245 e. The molecular formula is C14H18N4O3. The second kappa shape index (κ2) is 6.07. The second-order valence-corrected chi connectivity index (χ2v) is 5.37. The molecule has 0 saturated carbocycles. The summed E-state index contributed by atoms with van der Waals surface area (Å²) >= 11 is 0. The molecule has 0 aromatic carbocycles. The molecule has 21 heavy (non-hydrogen) atoms. The van der Waals surface area contributed by atoms with Crippen LogP contribution in [0.3, 0.4) is 0 Å². The number of aromatic nitrogens is 2. The molecule has 2 aliphatic rings. The Balaban J connectivity index is 1.58. The van der Waals surface area contributed by atoms with Crippen LogP contribution in [0.2, 0.25) is 0 Å². The summed E-state index contributed by atoms with van der Waals surface area (Å²) in [6.45, 7) is 1.24. The number of hydrogen-bond donors (Lipinski definition) is 1. The van der Waals surface area contributed by atoms with E-state index in [2.05, 4.69) is 15.3 Å². The highest BCUT2D eigenvalue weighted by Crippen LogP contribution is 2.18. The van der Waals surface area contributed by atoms with Crippen LogP contribution in [0.15, 0.2) is 18.6 Å². The van der Waals surface area contributed by atoms with Crippen LogP contribution in [0.1, 0.15) is 25.7 Å². The van der Waals surface area contributed by atoms with Gasteiger partial charge in [-0.25, -0.2) is 4.98 Å². The third-order valence-corrected chi connectivity index (χ3v) is 3.81. The SMILES string of the molecule is O=C1CC[C@H](C(=O)N2CCC[C@@H](Oc3cnccn3)C2)N1. The van der Waals surface area contributed by atoms with Gasteiger partial charge in [0.1, 0.15) is 12.1 Å². The Bertz CT molecular complexity index is 522. The lowest BCUT2D eigenvalue weighted by molar-refractivity contribution is -0.136. The third kappa shape index (κ3) is 3.29. The summed E-state index contributed by atoms with van der Waals surface area (Å²) in [5.41, 5.74) is 0. The van der Waals surface area contributed by atoms with Gasteiger partial charge in [-0.15, -0.1) is 0 Å². The zero-order valence-corrected chi connectivity index (χ0v) is 11.7. The summed E-state index contributed by atoms with van der Waals surface area (Å²) < 4.78 is 5.76. The molecular weight excluding hydrogens is 272 g/mol. The summed E-state index contributed by atoms with van der Waals surface area (Å²) in [4.78, 5) is 33.4. The van der Waals surface area contributed by atoms with Gasteiger partial charge in [-0.05, 0) is 19.3 Å². The van der Waals surface area contributed by atoms with Crippen molar-refractivity contribution in [2.45, 2.75) is 37.8 Å². The van der Waals surface area contributed by atoms with Gasteiger partial charge in [-0.3, -0.25) is 14.6 Å². The van der Waals surface area contributed by atoms with E-state index in [-0.39, 0.29) is 24.0 Å². The highest BCUT2D eigenvalue weighted by Gasteiger charge is 2.33. The fraction of sp³-hybridized carbons (Fsp3) is 0.571. The first-order valence-electron chi connectivity index (χ1n) is 7.23. The minimum Gasteiger partial charge on any atom is -0.471 e. The van der Waals surface area contributed by atoms with Crippen LogP contribution in [0.25, 0.3) is 0 Å². The summed E-state index contributed by atoms with van der Waals surface area (Å²) in [6.07, 6.45) is 7.46. The van der Waals surface area contributed by atoms with Crippen LogP contribution in [0.4, 0.5) is 0 Å². The summed E-state index contributed by atoms with van der Waals surface area (Å²) in [5, 5.41) is 2.72. The van der Waals surface area contributed by atoms with Gasteiger partial charge < -0.3 is 15.0 Å². The van der Waals surface area contributed by atoms with Crippen LogP contribution in [-0.4, -0.2) is 51.9 Å². The topological polar surface area (TPSA) is 84.4 Å². The van der Waals surface area contributed by atoms with Crippen molar-refractivity contribution in [2.24, 2.45) is 0 Å². The molecule has 2 amide bonds. The van der Waals surface area contributed by atoms with Crippen molar-refractivity contribution in [1.82, 2.24) is 20.2 Å². The molecule has 3 heterocycles. The average molecular weight is 290 g/mol. The number of hydrogen-bond acceptors (Lipinski definition) is 5. The Kier molecular flexibility index (Phi) is 3.98. The smallest absolute Gasteiger partial charge is 0.245 e. The first kappa shape index (κ1) is 13.8. The first-order valence-corrected chi connectivity index (χ1v) is 7.23. The number of piperidine rings is 1. The highest BCUT2D eigenvalue weighted by molar-refractivity contribution is 5.90. The normalized spacial score (nSPS) is 25.5. The van der Waals surface area contributed by atoms with Crippen LogP contribution in [-0.2, 0) is 9.59 Å². The highest BCUT2D eigenvalue weighted by atomic mass is 16.5. The van der Waals surface area contributed by atoms with Crippen molar-refractivity contribution >= 4 is 11.8 Å². The third-order valence-electron chi connectivity index (χ3n) is 3.81. The predicted octanol–water partition coefficient (Wildman–Crippen LogP) is 0.125. The molecule has 112 valence electrons. The van der Waals surface area contributed by atoms with Gasteiger partial charge >= 0.3 is 0 Å². The number of nitrogens with one attached hydrogen (secondary N) is 1. The van der Waals surface area contributed by atoms with Crippen molar-refractivity contribution in [3.63, 3.8) is 0 Å². The van der Waals surface area contributed by atoms with Gasteiger partial charge in [0.25, 0.3) is 0 Å². The summed E-state index contributed by atoms with van der Waals surface area (Å²) in [7, 11) is 0. The first-order chi connectivity index (χ1) is 10.2. The number of likely N-dealkylation sites (tertiary alicyclic amines) is 1. The largest absolute Gasteiger partial charge is 0.471 e. The van der Waals surface area contributed by atoms with Gasteiger partial charge in [-0.1, -0.05) is 0 Å². The lowest BCUT2D eigenvalue weighted by atomic mass is 10.1. The van der Waals surface area contributed by atoms with Crippen molar-refractivity contribution in [3.05, 3.63) is 18.6 Å². The Morgan fingerprint density at radius 2 is 2.29 bits per heavy atom. The van der Waals surface area contributed by atoms with E-state index in [0.29, 0.717) is 31.8 Å². The summed E-state index contributed by atoms with van der Waals surface area (Å²) in [5.74, 6) is 0.428. The Hall–Kier alpha value is -2.18. The Morgan fingerprint density at radius 1 is 1.38 bits per heavy atom. The van der Waals surface area contributed by atoms with Crippen LogP contribution >= 0.6 is 0 Å². The van der Waals surface area contributed by atoms with Crippen LogP contribution < -0.4 is 10.1 Å². The number of rotatable bonds is 3. The van der Waals surface area contributed by atoms with Crippen LogP contribution in [0, 0.1) is 0 Å². The van der Waals surface area contributed by atoms with E-state index >= 15 is 0 Å². The summed E-state index contributed by atoms with van der Waals surface area (Å²) in [6, 6.07) is -0.368. The van der Waals surface area contributed by atoms with Gasteiger partial charge in [0.05, 0.1) is 12.7 Å². The molecule has 2 fully saturated rings. The Labute approximate surface area is 122 Å². The van der Waals surface area contributed by atoms with Gasteiger partial charge in [0.15, 0.2) is 0 Å². The molecule has 2 aliphatic heterocycles. The zero-order valence-electron chi connectivity index (χ0n) is 11.7. The molecule has 0 aliphatic carbocycles. The van der Waals surface area contributed by atoms with Gasteiger partial charge in [-0.2, -0.15) is 0 Å². The number of amides is 2. The maximum absolute atomic E-state index is 12.4. The van der Waals surface area contributed by atoms with Crippen molar-refractivity contribution in [2.75, 3.05) is 13.1 Å². The molecule has 0 bridgehead atoms. The van der Waals surface area contributed by atoms with Gasteiger partial charge in [0, 0.05) is 25.4 Å². The quantitative estimate of drug-likeness (QED) is 0.855. The molecule has 0 spiro atoms. The average Bonchev–Trinajstić information content (AvgIpc) is 2.94. The van der Waals surface area contributed by atoms with E-state index in [1.165, 1.54) is 0 Å². The lowest BCUT2D eigenvalue weighted by Gasteiger charge is -2.33. The molecule has 7 heteroatoms. The fourth-order valence-electron chi connectivity index (χ4n) is 2.77. The van der Waals surface area contributed by atoms with E-state index in [1.807, 2.05) is 0 Å². The van der Waals surface area contributed by atoms with Gasteiger partial charge in [0.2, 0.25) is 17.7 Å². The van der Waals surface area contributed by atoms with Crippen molar-refractivity contribution < 1.29 is 14.3 Å². The van der Waals surface area contributed by atoms with Crippen LogP contribution in [0.5, 0.6) is 5.88 Å². The van der Waals surface area contributed by atoms with E-state index in [9.17, 15) is 9.59 Å². The Morgan fingerprint density at radius 3 is 3.00 bits per heavy atom. The second-order valence-electron chi connectivity index (χ2n) is 5.37. The molecule has 1 N–H and O–H groups in total. The standard InChI is InChI=1S/C14H18N4O3/c19-12-4-3-11(17-12)14(20)18-7-1-2-10(9-18)21-13-8-15-5-6-16-13/h5-6,8,10-11H,1-4,7,9H2,(H,17,19)/t10-,11-/m1/s1. The molecule has 0 unspecified atom stereocenters. The number of carbonyl (C=O) groups is 2. The van der Waals surface area contributed by atoms with E-state index in [1.54, 1.807) is 23.5 Å². The monoisotopic (exact) mass is 290 g/mol. The molecule has 0 radical (unpaired) electrons. The van der Waals surface area contributed by atoms with E-state index in [0.717, 1.165) is 12.8 Å². The number of ether oxygens (including phenoxy) is 1. The van der Waals surface area contributed by atoms with Crippen molar-refractivity contribution in [1.29, 1.82) is 0 Å². The predicted molar refractivity (Wildman–Crippen MR) is 73.4 cm³/mol. The molecule has 2 atom stereocenters. The molecule has 3 rings (SSSR count). The minimum atomic E-state index is -0.368. The molecule has 1 aromatic heterocycles. The van der Waals surface area contributed by atoms with Crippen molar-refractivity contribution in [3.8, 4) is 5.88 Å². The molecule has 7 nitrogen and oxygen atoms in total. The maximum atomic E-state index is 12.4. The number of carbonyl (C=O) groups excluding carboxylic acids is 2. The minimum absolute atomic E-state index is 0.00621. The van der Waals surface area contributed by atoms with E-state index in [4.69, 9.17) is 4.74 Å². The molecule has 1 aromatic rings. The zero-order chi connectivity index (χ0) is 14.7. The lowest BCUT2D eigenvalue weighted by Crippen LogP contribution is -2.50. The molecule has 2 saturated heterocycles. The van der Waals surface area contributed by atoms with E-state index < -0.39 is 0 Å². The fourth-order valence-corrected chi connectivity index (χ4v) is 2.77.